The Morgan fingerprint density at radius 1 is 1.29 bits per heavy atom. The standard InChI is InChI=1S/C10H15N5O6/c16-1-3-5(17)6(18)9(21-3)15-2-11-7-4(15)8(19)13-14-10(20)12-7/h2-7,9,16-18H,1H2,(H,13,19)(H2,12,14,20)/t3-,4?,5-,6-,7?,9?/m1/s1. The molecule has 21 heavy (non-hydrogen) atoms. The van der Waals surface area contributed by atoms with Crippen molar-refractivity contribution >= 4 is 18.3 Å². The Labute approximate surface area is 118 Å². The van der Waals surface area contributed by atoms with Crippen LogP contribution in [0.4, 0.5) is 4.79 Å². The van der Waals surface area contributed by atoms with Crippen LogP contribution in [0.2, 0.25) is 0 Å². The van der Waals surface area contributed by atoms with Crippen LogP contribution >= 0.6 is 0 Å². The van der Waals surface area contributed by atoms with Gasteiger partial charge in [-0.3, -0.25) is 10.2 Å². The molecule has 11 heteroatoms. The summed E-state index contributed by atoms with van der Waals surface area (Å²) in [6, 6.07) is -1.55. The van der Waals surface area contributed by atoms with Crippen molar-refractivity contribution in [1.29, 1.82) is 0 Å². The summed E-state index contributed by atoms with van der Waals surface area (Å²) in [7, 11) is 0. The first kappa shape index (κ1) is 14.0. The van der Waals surface area contributed by atoms with E-state index in [4.69, 9.17) is 9.84 Å². The lowest BCUT2D eigenvalue weighted by molar-refractivity contribution is -0.132. The van der Waals surface area contributed by atoms with Crippen molar-refractivity contribution in [2.45, 2.75) is 36.7 Å². The minimum absolute atomic E-state index is 0.474. The fourth-order valence-electron chi connectivity index (χ4n) is 2.57. The zero-order valence-corrected chi connectivity index (χ0v) is 10.7. The van der Waals surface area contributed by atoms with Crippen molar-refractivity contribution in [1.82, 2.24) is 21.1 Å². The van der Waals surface area contributed by atoms with Crippen LogP contribution in [0.3, 0.4) is 0 Å². The molecule has 0 aliphatic carbocycles. The van der Waals surface area contributed by atoms with Crippen LogP contribution in [0.1, 0.15) is 0 Å². The van der Waals surface area contributed by atoms with Crippen LogP contribution in [-0.4, -0.2) is 81.9 Å². The number of nitrogens with one attached hydrogen (secondary N) is 3. The van der Waals surface area contributed by atoms with Gasteiger partial charge in [0.05, 0.1) is 12.9 Å². The second-order valence-corrected chi connectivity index (χ2v) is 4.92. The maximum atomic E-state index is 12.0. The number of rotatable bonds is 2. The van der Waals surface area contributed by atoms with Gasteiger partial charge in [-0.1, -0.05) is 0 Å². The van der Waals surface area contributed by atoms with Gasteiger partial charge in [-0.25, -0.2) is 15.2 Å². The van der Waals surface area contributed by atoms with E-state index in [-0.39, 0.29) is 0 Å². The lowest BCUT2D eigenvalue weighted by Crippen LogP contribution is -2.56. The molecule has 6 N–H and O–H groups in total. The molecule has 11 nitrogen and oxygen atoms in total. The molecule has 0 radical (unpaired) electrons. The van der Waals surface area contributed by atoms with Gasteiger partial charge in [-0.15, -0.1) is 0 Å². The zero-order chi connectivity index (χ0) is 15.1. The minimum atomic E-state index is -1.33. The summed E-state index contributed by atoms with van der Waals surface area (Å²) in [5.74, 6) is -0.548. The second kappa shape index (κ2) is 5.11. The van der Waals surface area contributed by atoms with Gasteiger partial charge in [-0.2, -0.15) is 0 Å². The SMILES string of the molecule is O=C1NNC(=O)C2C(N=CN2C2O[C@H](CO)[C@@H](O)[C@H]2O)N1. The van der Waals surface area contributed by atoms with E-state index < -0.39 is 55.3 Å². The van der Waals surface area contributed by atoms with Gasteiger partial charge < -0.3 is 30.3 Å². The van der Waals surface area contributed by atoms with Gasteiger partial charge in [-0.05, 0) is 0 Å². The molecule has 3 aliphatic rings. The highest BCUT2D eigenvalue weighted by Gasteiger charge is 2.51. The fourth-order valence-corrected chi connectivity index (χ4v) is 2.57. The Bertz CT molecular complexity index is 487. The summed E-state index contributed by atoms with van der Waals surface area (Å²) < 4.78 is 5.36. The van der Waals surface area contributed by atoms with Crippen LogP contribution < -0.4 is 16.2 Å². The third-order valence-electron chi connectivity index (χ3n) is 3.64. The molecule has 0 bridgehead atoms. The predicted molar refractivity (Wildman–Crippen MR) is 65.5 cm³/mol. The number of urea groups is 1. The van der Waals surface area contributed by atoms with Crippen LogP contribution in [0.25, 0.3) is 0 Å². The zero-order valence-electron chi connectivity index (χ0n) is 10.7. The first-order valence-corrected chi connectivity index (χ1v) is 6.32. The van der Waals surface area contributed by atoms with Gasteiger partial charge in [0.2, 0.25) is 0 Å². The van der Waals surface area contributed by atoms with E-state index in [9.17, 15) is 19.8 Å². The molecule has 0 aromatic rings. The molecule has 0 aromatic carbocycles. The highest BCUT2D eigenvalue weighted by molar-refractivity contribution is 5.91. The summed E-state index contributed by atoms with van der Waals surface area (Å²) in [5.41, 5.74) is 4.33. The Balaban J connectivity index is 1.82. The maximum Gasteiger partial charge on any atom is 0.335 e. The first-order valence-electron chi connectivity index (χ1n) is 6.32. The minimum Gasteiger partial charge on any atom is -0.394 e. The number of hydrogen-bond donors (Lipinski definition) is 6. The van der Waals surface area contributed by atoms with E-state index in [1.807, 2.05) is 0 Å². The van der Waals surface area contributed by atoms with Gasteiger partial charge in [0, 0.05) is 0 Å². The number of nitrogens with zero attached hydrogens (tertiary/aromatic N) is 2. The average molecular weight is 301 g/mol. The Kier molecular flexibility index (Phi) is 3.41. The molecule has 3 amide bonds. The summed E-state index contributed by atoms with van der Waals surface area (Å²) in [6.07, 6.45) is -4.20. The number of fused-ring (bicyclic) bond motifs is 1. The molecular weight excluding hydrogens is 286 g/mol. The summed E-state index contributed by atoms with van der Waals surface area (Å²) in [5, 5.41) is 31.3. The van der Waals surface area contributed by atoms with Crippen LogP contribution in [0.5, 0.6) is 0 Å². The molecule has 2 fully saturated rings. The van der Waals surface area contributed by atoms with Gasteiger partial charge in [0.25, 0.3) is 5.91 Å². The summed E-state index contributed by atoms with van der Waals surface area (Å²) in [6.45, 7) is -0.474. The largest absolute Gasteiger partial charge is 0.394 e. The number of carbonyl (C=O) groups excluding carboxylic acids is 2. The first-order chi connectivity index (χ1) is 10.0. The summed E-state index contributed by atoms with van der Waals surface area (Å²) >= 11 is 0. The quantitative estimate of drug-likeness (QED) is 0.302. The molecule has 3 rings (SSSR count). The van der Waals surface area contributed by atoms with Crippen molar-refractivity contribution in [3.63, 3.8) is 0 Å². The molecule has 0 saturated carbocycles. The third kappa shape index (κ3) is 2.19. The average Bonchev–Trinajstić information content (AvgIpc) is 2.95. The maximum absolute atomic E-state index is 12.0. The number of carbonyl (C=O) groups is 2. The van der Waals surface area contributed by atoms with E-state index >= 15 is 0 Å². The molecule has 6 atom stereocenters. The number of amides is 3. The number of hydrogen-bond acceptors (Lipinski definition) is 8. The number of ether oxygens (including phenoxy) is 1. The molecule has 3 unspecified atom stereocenters. The Morgan fingerprint density at radius 2 is 2.05 bits per heavy atom. The van der Waals surface area contributed by atoms with Gasteiger partial charge >= 0.3 is 6.03 Å². The van der Waals surface area contributed by atoms with E-state index in [0.717, 1.165) is 0 Å². The lowest BCUT2D eigenvalue weighted by atomic mass is 10.1. The smallest absolute Gasteiger partial charge is 0.335 e. The Morgan fingerprint density at radius 3 is 2.71 bits per heavy atom. The fraction of sp³-hybridized carbons (Fsp3) is 0.700. The summed E-state index contributed by atoms with van der Waals surface area (Å²) in [4.78, 5) is 28.6. The molecule has 0 aromatic heterocycles. The number of aliphatic hydroxyl groups excluding tert-OH is 3. The Hall–Kier alpha value is -1.95. The topological polar surface area (TPSA) is 156 Å². The normalized spacial score (nSPS) is 42.1. The van der Waals surface area contributed by atoms with Crippen molar-refractivity contribution in [3.05, 3.63) is 0 Å². The second-order valence-electron chi connectivity index (χ2n) is 4.92. The van der Waals surface area contributed by atoms with Crippen molar-refractivity contribution in [2.24, 2.45) is 4.99 Å². The van der Waals surface area contributed by atoms with E-state index in [1.54, 1.807) is 0 Å². The number of hydrazine groups is 1. The third-order valence-corrected chi connectivity index (χ3v) is 3.64. The lowest BCUT2D eigenvalue weighted by Gasteiger charge is -2.31. The van der Waals surface area contributed by atoms with Gasteiger partial charge in [0.1, 0.15) is 18.3 Å². The number of aliphatic hydroxyl groups is 3. The van der Waals surface area contributed by atoms with Crippen molar-refractivity contribution in [2.75, 3.05) is 6.61 Å². The highest BCUT2D eigenvalue weighted by atomic mass is 16.6. The van der Waals surface area contributed by atoms with Crippen LogP contribution in [-0.2, 0) is 9.53 Å². The van der Waals surface area contributed by atoms with Crippen molar-refractivity contribution < 1.29 is 29.6 Å². The van der Waals surface area contributed by atoms with Crippen LogP contribution in [0.15, 0.2) is 4.99 Å². The molecule has 0 spiro atoms. The van der Waals surface area contributed by atoms with E-state index in [1.165, 1.54) is 11.2 Å². The molecule has 3 heterocycles. The van der Waals surface area contributed by atoms with Crippen LogP contribution in [0, 0.1) is 0 Å². The van der Waals surface area contributed by atoms with E-state index in [0.29, 0.717) is 0 Å². The predicted octanol–water partition coefficient (Wildman–Crippen LogP) is -4.19. The molecule has 3 aliphatic heterocycles. The molecule has 116 valence electrons. The highest BCUT2D eigenvalue weighted by Crippen LogP contribution is 2.27. The van der Waals surface area contributed by atoms with Crippen molar-refractivity contribution in [3.8, 4) is 0 Å². The van der Waals surface area contributed by atoms with Gasteiger partial charge in [0.15, 0.2) is 18.4 Å². The molecule has 2 saturated heterocycles. The number of aliphatic imine (C=N–C) groups is 1. The monoisotopic (exact) mass is 301 g/mol. The molecular formula is C10H15N5O6. The van der Waals surface area contributed by atoms with E-state index in [2.05, 4.69) is 21.2 Å².